The van der Waals surface area contributed by atoms with Crippen molar-refractivity contribution in [2.75, 3.05) is 38.2 Å². The van der Waals surface area contributed by atoms with Crippen LogP contribution in [0.5, 0.6) is 0 Å². The Kier molecular flexibility index (Phi) is 5.02. The Bertz CT molecular complexity index is 797. The van der Waals surface area contributed by atoms with Gasteiger partial charge in [-0.3, -0.25) is 4.90 Å². The predicted octanol–water partition coefficient (Wildman–Crippen LogP) is 2.77. The first-order chi connectivity index (χ1) is 13.3. The molecule has 2 fully saturated rings. The van der Waals surface area contributed by atoms with Crippen LogP contribution in [0.1, 0.15) is 48.5 Å². The molecule has 0 bridgehead atoms. The molecular weight excluding hydrogens is 360 g/mol. The van der Waals surface area contributed by atoms with E-state index < -0.39 is 0 Å². The number of ether oxygens (including phenoxy) is 1. The van der Waals surface area contributed by atoms with E-state index in [0.717, 1.165) is 49.8 Å². The number of aromatic nitrogens is 2. The van der Waals surface area contributed by atoms with Gasteiger partial charge in [0.05, 0.1) is 25.2 Å². The second-order valence-electron chi connectivity index (χ2n) is 8.06. The normalized spacial score (nSPS) is 29.1. The average molecular weight is 389 g/mol. The molecule has 2 aromatic rings. The molecular formula is C20H28N4O2S. The van der Waals surface area contributed by atoms with Crippen molar-refractivity contribution in [2.24, 2.45) is 0 Å². The summed E-state index contributed by atoms with van der Waals surface area (Å²) in [5.41, 5.74) is 1.31. The van der Waals surface area contributed by atoms with Crippen molar-refractivity contribution in [3.05, 3.63) is 16.8 Å². The maximum atomic E-state index is 9.79. The largest absolute Gasteiger partial charge is 0.396 e. The van der Waals surface area contributed by atoms with Gasteiger partial charge in [0.15, 0.2) is 0 Å². The van der Waals surface area contributed by atoms with Gasteiger partial charge in [0, 0.05) is 36.0 Å². The molecule has 0 radical (unpaired) electrons. The first-order valence-corrected chi connectivity index (χ1v) is 11.1. The van der Waals surface area contributed by atoms with E-state index in [1.54, 1.807) is 17.7 Å². The second kappa shape index (κ2) is 7.62. The fourth-order valence-corrected chi connectivity index (χ4v) is 6.32. The van der Waals surface area contributed by atoms with Crippen LogP contribution in [0.15, 0.2) is 6.33 Å². The van der Waals surface area contributed by atoms with Crippen molar-refractivity contribution in [2.45, 2.75) is 56.5 Å². The molecule has 2 aliphatic carbocycles. The first kappa shape index (κ1) is 17.8. The van der Waals surface area contributed by atoms with Crippen molar-refractivity contribution >= 4 is 27.4 Å². The van der Waals surface area contributed by atoms with E-state index in [4.69, 9.17) is 4.74 Å². The maximum Gasteiger partial charge on any atom is 0.138 e. The van der Waals surface area contributed by atoms with Gasteiger partial charge in [-0.1, -0.05) is 0 Å². The van der Waals surface area contributed by atoms with Crippen LogP contribution in [0.3, 0.4) is 0 Å². The van der Waals surface area contributed by atoms with Gasteiger partial charge >= 0.3 is 0 Å². The van der Waals surface area contributed by atoms with Crippen molar-refractivity contribution < 1.29 is 9.84 Å². The van der Waals surface area contributed by atoms with E-state index in [2.05, 4.69) is 20.2 Å². The fourth-order valence-electron chi connectivity index (χ4n) is 5.08. The van der Waals surface area contributed by atoms with E-state index >= 15 is 0 Å². The zero-order chi connectivity index (χ0) is 18.2. The number of thiophene rings is 1. The molecule has 27 heavy (non-hydrogen) atoms. The highest BCUT2D eigenvalue weighted by Crippen LogP contribution is 2.45. The zero-order valence-electron chi connectivity index (χ0n) is 15.7. The van der Waals surface area contributed by atoms with Crippen molar-refractivity contribution in [1.82, 2.24) is 14.9 Å². The van der Waals surface area contributed by atoms with E-state index in [-0.39, 0.29) is 12.5 Å². The van der Waals surface area contributed by atoms with E-state index in [1.807, 2.05) is 0 Å². The number of nitrogens with one attached hydrogen (secondary N) is 1. The minimum atomic E-state index is 0.220. The first-order valence-electron chi connectivity index (χ1n) is 10.3. The molecule has 2 N–H and O–H groups in total. The Balaban J connectivity index is 1.31. The lowest BCUT2D eigenvalue weighted by molar-refractivity contribution is 0.00791. The summed E-state index contributed by atoms with van der Waals surface area (Å²) in [4.78, 5) is 14.2. The highest BCUT2D eigenvalue weighted by atomic mass is 32.1. The van der Waals surface area contributed by atoms with Crippen LogP contribution < -0.4 is 5.32 Å². The molecule has 0 spiro atoms. The van der Waals surface area contributed by atoms with Crippen LogP contribution in [0, 0.1) is 0 Å². The molecule has 0 amide bonds. The highest BCUT2D eigenvalue weighted by molar-refractivity contribution is 7.19. The summed E-state index contributed by atoms with van der Waals surface area (Å²) in [5.74, 6) is 1.23. The van der Waals surface area contributed by atoms with Gasteiger partial charge in [-0.2, -0.15) is 0 Å². The highest BCUT2D eigenvalue weighted by Gasteiger charge is 2.31. The monoisotopic (exact) mass is 388 g/mol. The average Bonchev–Trinajstić information content (AvgIpc) is 3.28. The molecule has 2 aromatic heterocycles. The summed E-state index contributed by atoms with van der Waals surface area (Å²) in [6.07, 6.45) is 8.65. The number of hydrogen-bond acceptors (Lipinski definition) is 7. The molecule has 1 atom stereocenters. The van der Waals surface area contributed by atoms with Crippen molar-refractivity contribution in [3.8, 4) is 0 Å². The Morgan fingerprint density at radius 3 is 2.74 bits per heavy atom. The topological polar surface area (TPSA) is 70.5 Å². The Morgan fingerprint density at radius 1 is 1.15 bits per heavy atom. The molecule has 146 valence electrons. The number of hydrogen-bond donors (Lipinski definition) is 2. The molecule has 1 saturated heterocycles. The second-order valence-corrected chi connectivity index (χ2v) is 9.14. The zero-order valence-corrected chi connectivity index (χ0v) is 16.5. The number of aliphatic hydroxyl groups excluding tert-OH is 1. The third-order valence-corrected chi connectivity index (χ3v) is 7.72. The SMILES string of the molecule is OC[C@H]1CCc2sc3ncnc(N[C@H]4CC[C@H](N5CCOCC5)CC4)c3c21. The van der Waals surface area contributed by atoms with Gasteiger partial charge in [0.2, 0.25) is 0 Å². The van der Waals surface area contributed by atoms with Crippen LogP contribution in [0.4, 0.5) is 5.82 Å². The summed E-state index contributed by atoms with van der Waals surface area (Å²) < 4.78 is 5.49. The van der Waals surface area contributed by atoms with E-state index in [0.29, 0.717) is 12.1 Å². The molecule has 5 rings (SSSR count). The molecule has 0 unspecified atom stereocenters. The fraction of sp³-hybridized carbons (Fsp3) is 0.700. The molecule has 1 aliphatic heterocycles. The van der Waals surface area contributed by atoms with Gasteiger partial charge in [-0.25, -0.2) is 9.97 Å². The van der Waals surface area contributed by atoms with Crippen molar-refractivity contribution in [3.63, 3.8) is 0 Å². The lowest BCUT2D eigenvalue weighted by Crippen LogP contribution is -2.46. The van der Waals surface area contributed by atoms with E-state index in [1.165, 1.54) is 41.5 Å². The molecule has 3 aliphatic rings. The summed E-state index contributed by atoms with van der Waals surface area (Å²) in [6.45, 7) is 4.15. The minimum absolute atomic E-state index is 0.220. The van der Waals surface area contributed by atoms with Crippen molar-refractivity contribution in [1.29, 1.82) is 0 Å². The standard InChI is InChI=1S/C20H28N4O2S/c25-11-13-1-6-16-17(13)18-19(21-12-22-20(18)27-16)23-14-2-4-15(5-3-14)24-7-9-26-10-8-24/h12-15,25H,1-11H2,(H,21,22,23)/t13-,14-,15-/m1/s1. The number of morpholine rings is 1. The van der Waals surface area contributed by atoms with Gasteiger partial charge < -0.3 is 15.2 Å². The number of rotatable bonds is 4. The summed E-state index contributed by atoms with van der Waals surface area (Å²) >= 11 is 1.78. The number of fused-ring (bicyclic) bond motifs is 3. The van der Waals surface area contributed by atoms with Crippen LogP contribution in [0.25, 0.3) is 10.2 Å². The lowest BCUT2D eigenvalue weighted by atomic mass is 9.90. The number of aliphatic hydroxyl groups is 1. The molecule has 1 saturated carbocycles. The van der Waals surface area contributed by atoms with Gasteiger partial charge in [-0.15, -0.1) is 11.3 Å². The maximum absolute atomic E-state index is 9.79. The summed E-state index contributed by atoms with van der Waals surface area (Å²) in [6, 6.07) is 1.19. The van der Waals surface area contributed by atoms with E-state index in [9.17, 15) is 5.11 Å². The van der Waals surface area contributed by atoms with Gasteiger partial charge in [0.1, 0.15) is 17.0 Å². The number of anilines is 1. The van der Waals surface area contributed by atoms with Gasteiger partial charge in [0.25, 0.3) is 0 Å². The lowest BCUT2D eigenvalue weighted by Gasteiger charge is -2.39. The van der Waals surface area contributed by atoms with Crippen LogP contribution >= 0.6 is 11.3 Å². The van der Waals surface area contributed by atoms with Crippen LogP contribution in [0.2, 0.25) is 0 Å². The Labute approximate surface area is 164 Å². The number of nitrogens with zero attached hydrogens (tertiary/aromatic N) is 3. The Morgan fingerprint density at radius 2 is 1.96 bits per heavy atom. The molecule has 7 heteroatoms. The number of aryl methyl sites for hydroxylation is 1. The summed E-state index contributed by atoms with van der Waals surface area (Å²) in [5, 5.41) is 14.7. The van der Waals surface area contributed by atoms with Crippen LogP contribution in [-0.2, 0) is 11.2 Å². The predicted molar refractivity (Wildman–Crippen MR) is 108 cm³/mol. The third-order valence-electron chi connectivity index (χ3n) is 6.55. The smallest absolute Gasteiger partial charge is 0.138 e. The molecule has 6 nitrogen and oxygen atoms in total. The molecule has 0 aromatic carbocycles. The van der Waals surface area contributed by atoms with Gasteiger partial charge in [-0.05, 0) is 44.1 Å². The Hall–Kier alpha value is -1.28. The minimum Gasteiger partial charge on any atom is -0.396 e. The summed E-state index contributed by atoms with van der Waals surface area (Å²) in [7, 11) is 0. The molecule has 3 heterocycles. The van der Waals surface area contributed by atoms with Crippen LogP contribution in [-0.4, -0.2) is 65.0 Å². The third kappa shape index (κ3) is 3.35. The quantitative estimate of drug-likeness (QED) is 0.839.